The lowest BCUT2D eigenvalue weighted by atomic mass is 9.96. The van der Waals surface area contributed by atoms with Crippen molar-refractivity contribution in [3.8, 4) is 5.69 Å². The van der Waals surface area contributed by atoms with Crippen LogP contribution in [0.4, 0.5) is 0 Å². The summed E-state index contributed by atoms with van der Waals surface area (Å²) < 4.78 is 1.94. The van der Waals surface area contributed by atoms with Crippen LogP contribution in [0, 0.1) is 6.92 Å². The molecule has 0 aliphatic carbocycles. The van der Waals surface area contributed by atoms with Crippen molar-refractivity contribution in [2.24, 2.45) is 0 Å². The number of carbonyl (C=O) groups is 1. The molecule has 0 spiro atoms. The van der Waals surface area contributed by atoms with Gasteiger partial charge in [0.05, 0.1) is 24.0 Å². The summed E-state index contributed by atoms with van der Waals surface area (Å²) in [6.45, 7) is 6.10. The van der Waals surface area contributed by atoms with Crippen LogP contribution in [0.15, 0.2) is 97.1 Å². The lowest BCUT2D eigenvalue weighted by Gasteiger charge is -2.39. The van der Waals surface area contributed by atoms with E-state index < -0.39 is 0 Å². The van der Waals surface area contributed by atoms with Crippen LogP contribution in [0.25, 0.3) is 5.69 Å². The van der Waals surface area contributed by atoms with Crippen molar-refractivity contribution in [1.29, 1.82) is 0 Å². The fourth-order valence-corrected chi connectivity index (χ4v) is 4.98. The number of hydrogen-bond donors (Lipinski definition) is 1. The molecule has 1 aromatic heterocycles. The predicted molar refractivity (Wildman–Crippen MR) is 143 cm³/mol. The average Bonchev–Trinajstić information content (AvgIpc) is 3.31. The SMILES string of the molecule is Cc1cc(CNCC(=O)N2CCN(C(c3ccccc3)c3ccccc3)CC2)nn1-c1ccccc1. The Kier molecular flexibility index (Phi) is 7.55. The molecule has 0 atom stereocenters. The highest BCUT2D eigenvalue weighted by molar-refractivity contribution is 5.78. The number of carbonyl (C=O) groups excluding carboxylic acids is 1. The third kappa shape index (κ3) is 5.56. The summed E-state index contributed by atoms with van der Waals surface area (Å²) in [6, 6.07) is 33.7. The minimum Gasteiger partial charge on any atom is -0.339 e. The number of rotatable bonds is 8. The fourth-order valence-electron chi connectivity index (χ4n) is 4.98. The second kappa shape index (κ2) is 11.3. The standard InChI is InChI=1S/C30H33N5O/c1-24-21-27(32-35(24)28-15-9-4-10-16-28)22-31-23-29(36)33-17-19-34(20-18-33)30(25-11-5-2-6-12-25)26-13-7-3-8-14-26/h2-16,21,30-31H,17-20,22-23H2,1H3. The van der Waals surface area contributed by atoms with Crippen molar-refractivity contribution in [3.63, 3.8) is 0 Å². The molecule has 6 nitrogen and oxygen atoms in total. The fraction of sp³-hybridized carbons (Fsp3) is 0.267. The molecule has 1 N–H and O–H groups in total. The maximum Gasteiger partial charge on any atom is 0.236 e. The first-order valence-electron chi connectivity index (χ1n) is 12.6. The molecular weight excluding hydrogens is 446 g/mol. The van der Waals surface area contributed by atoms with Gasteiger partial charge in [0.1, 0.15) is 0 Å². The number of piperazine rings is 1. The second-order valence-electron chi connectivity index (χ2n) is 9.27. The molecule has 1 amide bonds. The molecule has 1 aliphatic heterocycles. The summed E-state index contributed by atoms with van der Waals surface area (Å²) in [4.78, 5) is 17.4. The van der Waals surface area contributed by atoms with E-state index in [1.54, 1.807) is 0 Å². The molecule has 2 heterocycles. The third-order valence-electron chi connectivity index (χ3n) is 6.78. The lowest BCUT2D eigenvalue weighted by Crippen LogP contribution is -2.51. The Labute approximate surface area is 213 Å². The van der Waals surface area contributed by atoms with Gasteiger partial charge in [0.2, 0.25) is 5.91 Å². The summed E-state index contributed by atoms with van der Waals surface area (Å²) in [6.07, 6.45) is 0. The predicted octanol–water partition coefficient (Wildman–Crippen LogP) is 4.20. The maximum absolute atomic E-state index is 12.9. The Bertz CT molecular complexity index is 1210. The minimum atomic E-state index is 0.143. The van der Waals surface area contributed by atoms with E-state index in [9.17, 15) is 4.79 Å². The molecule has 6 heteroatoms. The van der Waals surface area contributed by atoms with E-state index in [1.807, 2.05) is 46.8 Å². The zero-order valence-corrected chi connectivity index (χ0v) is 20.8. The first-order valence-corrected chi connectivity index (χ1v) is 12.6. The minimum absolute atomic E-state index is 0.143. The summed E-state index contributed by atoms with van der Waals surface area (Å²) in [5.41, 5.74) is 5.62. The lowest BCUT2D eigenvalue weighted by molar-refractivity contribution is -0.132. The molecule has 0 bridgehead atoms. The summed E-state index contributed by atoms with van der Waals surface area (Å²) in [7, 11) is 0. The van der Waals surface area contributed by atoms with Gasteiger partial charge in [-0.1, -0.05) is 78.9 Å². The Morgan fingerprint density at radius 3 is 1.97 bits per heavy atom. The molecule has 36 heavy (non-hydrogen) atoms. The van der Waals surface area contributed by atoms with Crippen LogP contribution >= 0.6 is 0 Å². The number of benzene rings is 3. The monoisotopic (exact) mass is 479 g/mol. The number of amides is 1. The number of hydrogen-bond acceptors (Lipinski definition) is 4. The molecular formula is C30H33N5O. The topological polar surface area (TPSA) is 53.4 Å². The molecule has 184 valence electrons. The van der Waals surface area contributed by atoms with Crippen molar-refractivity contribution in [2.45, 2.75) is 19.5 Å². The highest BCUT2D eigenvalue weighted by Gasteiger charge is 2.27. The van der Waals surface area contributed by atoms with Gasteiger partial charge in [-0.15, -0.1) is 0 Å². The van der Waals surface area contributed by atoms with Crippen LogP contribution in [0.1, 0.15) is 28.6 Å². The molecule has 0 radical (unpaired) electrons. The molecule has 1 fully saturated rings. The van der Waals surface area contributed by atoms with Crippen LogP contribution < -0.4 is 5.32 Å². The number of aromatic nitrogens is 2. The van der Waals surface area contributed by atoms with Gasteiger partial charge in [0.25, 0.3) is 0 Å². The normalized spacial score (nSPS) is 14.3. The van der Waals surface area contributed by atoms with E-state index in [-0.39, 0.29) is 11.9 Å². The maximum atomic E-state index is 12.9. The van der Waals surface area contributed by atoms with Crippen molar-refractivity contribution in [1.82, 2.24) is 24.9 Å². The molecule has 4 aromatic rings. The van der Waals surface area contributed by atoms with Gasteiger partial charge in [0, 0.05) is 38.4 Å². The molecule has 5 rings (SSSR count). The van der Waals surface area contributed by atoms with E-state index in [0.29, 0.717) is 13.1 Å². The second-order valence-corrected chi connectivity index (χ2v) is 9.27. The van der Waals surface area contributed by atoms with E-state index in [2.05, 4.69) is 76.9 Å². The Hall–Kier alpha value is -3.74. The van der Waals surface area contributed by atoms with Gasteiger partial charge < -0.3 is 10.2 Å². The zero-order valence-electron chi connectivity index (χ0n) is 20.8. The molecule has 3 aromatic carbocycles. The van der Waals surface area contributed by atoms with E-state index in [1.165, 1.54) is 11.1 Å². The van der Waals surface area contributed by atoms with Gasteiger partial charge >= 0.3 is 0 Å². The molecule has 1 saturated heterocycles. The van der Waals surface area contributed by atoms with Crippen molar-refractivity contribution < 1.29 is 4.79 Å². The van der Waals surface area contributed by atoms with Gasteiger partial charge in [-0.25, -0.2) is 4.68 Å². The van der Waals surface area contributed by atoms with Gasteiger partial charge in [-0.2, -0.15) is 5.10 Å². The summed E-state index contributed by atoms with van der Waals surface area (Å²) >= 11 is 0. The van der Waals surface area contributed by atoms with Crippen molar-refractivity contribution in [2.75, 3.05) is 32.7 Å². The highest BCUT2D eigenvalue weighted by atomic mass is 16.2. The number of nitrogens with one attached hydrogen (secondary N) is 1. The Morgan fingerprint density at radius 2 is 1.39 bits per heavy atom. The van der Waals surface area contributed by atoms with Crippen LogP contribution in [0.5, 0.6) is 0 Å². The zero-order chi connectivity index (χ0) is 24.7. The summed E-state index contributed by atoms with van der Waals surface area (Å²) in [5.74, 6) is 0.143. The smallest absolute Gasteiger partial charge is 0.236 e. The van der Waals surface area contributed by atoms with E-state index >= 15 is 0 Å². The van der Waals surface area contributed by atoms with Gasteiger partial charge in [0.15, 0.2) is 0 Å². The van der Waals surface area contributed by atoms with E-state index in [4.69, 9.17) is 5.10 Å². The number of aryl methyl sites for hydroxylation is 1. The Balaban J connectivity index is 1.15. The Morgan fingerprint density at radius 1 is 0.833 bits per heavy atom. The van der Waals surface area contributed by atoms with Crippen LogP contribution in [0.3, 0.4) is 0 Å². The van der Waals surface area contributed by atoms with E-state index in [0.717, 1.165) is 43.3 Å². The number of para-hydroxylation sites is 1. The summed E-state index contributed by atoms with van der Waals surface area (Å²) in [5, 5.41) is 7.99. The molecule has 0 saturated carbocycles. The molecule has 1 aliphatic rings. The number of nitrogens with zero attached hydrogens (tertiary/aromatic N) is 4. The average molecular weight is 480 g/mol. The largest absolute Gasteiger partial charge is 0.339 e. The van der Waals surface area contributed by atoms with Gasteiger partial charge in [-0.05, 0) is 36.2 Å². The molecule has 0 unspecified atom stereocenters. The van der Waals surface area contributed by atoms with Crippen molar-refractivity contribution >= 4 is 5.91 Å². The highest BCUT2D eigenvalue weighted by Crippen LogP contribution is 2.29. The van der Waals surface area contributed by atoms with Crippen LogP contribution in [-0.4, -0.2) is 58.2 Å². The first kappa shape index (κ1) is 24.0. The van der Waals surface area contributed by atoms with Crippen LogP contribution in [0.2, 0.25) is 0 Å². The van der Waals surface area contributed by atoms with Gasteiger partial charge in [-0.3, -0.25) is 9.69 Å². The van der Waals surface area contributed by atoms with Crippen LogP contribution in [-0.2, 0) is 11.3 Å². The third-order valence-corrected chi connectivity index (χ3v) is 6.78. The first-order chi connectivity index (χ1) is 17.7. The quantitative estimate of drug-likeness (QED) is 0.412. The van der Waals surface area contributed by atoms with Crippen molar-refractivity contribution in [3.05, 3.63) is 120 Å².